The minimum absolute atomic E-state index is 0.0977. The van der Waals surface area contributed by atoms with Gasteiger partial charge in [-0.1, -0.05) is 62.4 Å². The Morgan fingerprint density at radius 2 is 1.66 bits per heavy atom. The maximum Gasteiger partial charge on any atom is 0.407 e. The molecule has 1 aliphatic rings. The molecule has 1 heterocycles. The lowest BCUT2D eigenvalue weighted by atomic mass is 9.98. The normalized spacial score (nSPS) is 14.0. The first-order valence-corrected chi connectivity index (χ1v) is 11.5. The average Bonchev–Trinajstić information content (AvgIpc) is 3.46. The molecule has 9 nitrogen and oxygen atoms in total. The molecule has 3 aromatic rings. The number of nitrogens with zero attached hydrogens (tertiary/aromatic N) is 1. The van der Waals surface area contributed by atoms with Gasteiger partial charge in [0.2, 0.25) is 5.91 Å². The van der Waals surface area contributed by atoms with E-state index >= 15 is 0 Å². The summed E-state index contributed by atoms with van der Waals surface area (Å²) in [5.41, 5.74) is 4.99. The van der Waals surface area contributed by atoms with Crippen molar-refractivity contribution in [3.8, 4) is 11.1 Å². The number of aliphatic carboxylic acids is 1. The highest BCUT2D eigenvalue weighted by molar-refractivity contribution is 5.89. The highest BCUT2D eigenvalue weighted by atomic mass is 16.5. The van der Waals surface area contributed by atoms with E-state index in [1.807, 2.05) is 48.5 Å². The van der Waals surface area contributed by atoms with Gasteiger partial charge in [-0.15, -0.1) is 0 Å². The highest BCUT2D eigenvalue weighted by Gasteiger charge is 2.31. The molecule has 1 aliphatic carbocycles. The van der Waals surface area contributed by atoms with E-state index in [0.717, 1.165) is 22.3 Å². The molecule has 4 rings (SSSR count). The van der Waals surface area contributed by atoms with Crippen LogP contribution in [-0.2, 0) is 20.7 Å². The van der Waals surface area contributed by atoms with E-state index in [1.165, 1.54) is 12.5 Å². The van der Waals surface area contributed by atoms with Crippen LogP contribution in [-0.4, -0.2) is 51.7 Å². The number of hydrogen-bond acceptors (Lipinski definition) is 5. The molecule has 1 unspecified atom stereocenters. The summed E-state index contributed by atoms with van der Waals surface area (Å²) in [6, 6.07) is 13.9. The van der Waals surface area contributed by atoms with Crippen molar-refractivity contribution in [1.82, 2.24) is 20.6 Å². The largest absolute Gasteiger partial charge is 0.480 e. The molecule has 9 heteroatoms. The molecule has 0 bridgehead atoms. The van der Waals surface area contributed by atoms with E-state index in [4.69, 9.17) is 4.74 Å². The second kappa shape index (κ2) is 10.4. The van der Waals surface area contributed by atoms with Gasteiger partial charge in [-0.3, -0.25) is 4.79 Å². The Labute approximate surface area is 202 Å². The zero-order valence-corrected chi connectivity index (χ0v) is 19.5. The molecule has 2 aromatic carbocycles. The number of fused-ring (bicyclic) bond motifs is 3. The topological polar surface area (TPSA) is 133 Å². The summed E-state index contributed by atoms with van der Waals surface area (Å²) in [5, 5.41) is 14.5. The minimum atomic E-state index is -1.14. The number of rotatable bonds is 9. The molecule has 0 aliphatic heterocycles. The summed E-state index contributed by atoms with van der Waals surface area (Å²) in [6.07, 6.45) is 2.34. The number of carbonyl (C=O) groups is 3. The maximum atomic E-state index is 12.9. The van der Waals surface area contributed by atoms with Gasteiger partial charge >= 0.3 is 12.1 Å². The molecule has 0 fully saturated rings. The van der Waals surface area contributed by atoms with Gasteiger partial charge in [0.25, 0.3) is 0 Å². The van der Waals surface area contributed by atoms with Crippen molar-refractivity contribution in [2.75, 3.05) is 6.61 Å². The Hall–Kier alpha value is -4.14. The molecule has 182 valence electrons. The third-order valence-electron chi connectivity index (χ3n) is 6.16. The zero-order chi connectivity index (χ0) is 24.9. The van der Waals surface area contributed by atoms with E-state index in [-0.39, 0.29) is 24.9 Å². The van der Waals surface area contributed by atoms with Crippen LogP contribution in [0.2, 0.25) is 0 Å². The van der Waals surface area contributed by atoms with E-state index in [2.05, 4.69) is 20.6 Å². The number of aromatic nitrogens is 2. The first-order chi connectivity index (χ1) is 16.8. The minimum Gasteiger partial charge on any atom is -0.480 e. The molecule has 0 spiro atoms. The summed E-state index contributed by atoms with van der Waals surface area (Å²) < 4.78 is 5.57. The monoisotopic (exact) mass is 476 g/mol. The van der Waals surface area contributed by atoms with Crippen molar-refractivity contribution in [3.63, 3.8) is 0 Å². The van der Waals surface area contributed by atoms with Gasteiger partial charge in [0, 0.05) is 24.2 Å². The zero-order valence-electron chi connectivity index (χ0n) is 19.5. The standard InChI is InChI=1S/C26H28N4O5/c1-15(2)23(25(32)33)30-24(31)22(11-16-12-27-14-28-16)29-26(34)35-13-21-19-9-5-3-7-17(19)18-8-4-6-10-20(18)21/h3-10,12,14-15,21-23H,11,13H2,1-2H3,(H,27,28)(H,29,34)(H,30,31)(H,32,33)/t22?,23-/m0/s1. The molecule has 1 aromatic heterocycles. The number of H-pyrrole nitrogens is 1. The van der Waals surface area contributed by atoms with Crippen molar-refractivity contribution in [2.45, 2.75) is 38.3 Å². The summed E-state index contributed by atoms with van der Waals surface area (Å²) in [6.45, 7) is 3.49. The van der Waals surface area contributed by atoms with Crippen LogP contribution in [0.5, 0.6) is 0 Å². The summed E-state index contributed by atoms with van der Waals surface area (Å²) in [7, 11) is 0. The Morgan fingerprint density at radius 3 is 2.20 bits per heavy atom. The number of hydrogen-bond donors (Lipinski definition) is 4. The predicted molar refractivity (Wildman–Crippen MR) is 129 cm³/mol. The number of ether oxygens (including phenoxy) is 1. The van der Waals surface area contributed by atoms with Crippen molar-refractivity contribution >= 4 is 18.0 Å². The number of carbonyl (C=O) groups excluding carboxylic acids is 2. The Kier molecular flexibility index (Phi) is 7.14. The van der Waals surface area contributed by atoms with Crippen LogP contribution in [0.1, 0.15) is 36.6 Å². The van der Waals surface area contributed by atoms with Crippen molar-refractivity contribution < 1.29 is 24.2 Å². The van der Waals surface area contributed by atoms with E-state index < -0.39 is 30.1 Å². The number of carboxylic acid groups (broad SMARTS) is 1. The van der Waals surface area contributed by atoms with Crippen LogP contribution >= 0.6 is 0 Å². The second-order valence-electron chi connectivity index (χ2n) is 8.87. The predicted octanol–water partition coefficient (Wildman–Crippen LogP) is 3.08. The third kappa shape index (κ3) is 5.34. The number of nitrogens with one attached hydrogen (secondary N) is 3. The molecule has 4 N–H and O–H groups in total. The van der Waals surface area contributed by atoms with Crippen LogP contribution in [0.4, 0.5) is 4.79 Å². The van der Waals surface area contributed by atoms with Gasteiger partial charge < -0.3 is 25.5 Å². The van der Waals surface area contributed by atoms with Crippen molar-refractivity contribution in [1.29, 1.82) is 0 Å². The number of aromatic amines is 1. The SMILES string of the molecule is CC(C)[C@H](NC(=O)C(Cc1cnc[nH]1)NC(=O)OCC1c2ccccc2-c2ccccc21)C(=O)O. The summed E-state index contributed by atoms with van der Waals surface area (Å²) in [4.78, 5) is 44.1. The van der Waals surface area contributed by atoms with E-state index in [0.29, 0.717) is 5.69 Å². The fourth-order valence-electron chi connectivity index (χ4n) is 4.38. The van der Waals surface area contributed by atoms with Crippen LogP contribution in [0, 0.1) is 5.92 Å². The fraction of sp³-hybridized carbons (Fsp3) is 0.308. The number of benzene rings is 2. The van der Waals surface area contributed by atoms with Gasteiger partial charge in [-0.25, -0.2) is 14.6 Å². The third-order valence-corrected chi connectivity index (χ3v) is 6.16. The summed E-state index contributed by atoms with van der Waals surface area (Å²) >= 11 is 0. The number of imidazole rings is 1. The Morgan fingerprint density at radius 1 is 1.03 bits per heavy atom. The lowest BCUT2D eigenvalue weighted by molar-refractivity contribution is -0.143. The van der Waals surface area contributed by atoms with Gasteiger partial charge in [0.05, 0.1) is 6.33 Å². The van der Waals surface area contributed by atoms with Crippen molar-refractivity contribution in [3.05, 3.63) is 77.9 Å². The fourth-order valence-corrected chi connectivity index (χ4v) is 4.38. The van der Waals surface area contributed by atoms with Crippen LogP contribution in [0.25, 0.3) is 11.1 Å². The second-order valence-corrected chi connectivity index (χ2v) is 8.87. The lowest BCUT2D eigenvalue weighted by Crippen LogP contribution is -2.54. The number of alkyl carbamates (subject to hydrolysis) is 1. The van der Waals surface area contributed by atoms with Crippen molar-refractivity contribution in [2.24, 2.45) is 5.92 Å². The van der Waals surface area contributed by atoms with Gasteiger partial charge in [-0.05, 0) is 28.2 Å². The molecule has 2 atom stereocenters. The van der Waals surface area contributed by atoms with Gasteiger partial charge in [-0.2, -0.15) is 0 Å². The van der Waals surface area contributed by atoms with E-state index in [1.54, 1.807) is 13.8 Å². The molecule has 2 amide bonds. The Balaban J connectivity index is 1.45. The number of carboxylic acids is 1. The summed E-state index contributed by atoms with van der Waals surface area (Å²) in [5.74, 6) is -2.21. The lowest BCUT2D eigenvalue weighted by Gasteiger charge is -2.23. The van der Waals surface area contributed by atoms with Gasteiger partial charge in [0.15, 0.2) is 0 Å². The quantitative estimate of drug-likeness (QED) is 0.375. The average molecular weight is 477 g/mol. The molecule has 0 saturated heterocycles. The molecule has 0 saturated carbocycles. The van der Waals surface area contributed by atoms with Gasteiger partial charge in [0.1, 0.15) is 18.7 Å². The molecular weight excluding hydrogens is 448 g/mol. The van der Waals surface area contributed by atoms with Crippen LogP contribution in [0.15, 0.2) is 61.1 Å². The number of amides is 2. The molecule has 35 heavy (non-hydrogen) atoms. The smallest absolute Gasteiger partial charge is 0.407 e. The molecular formula is C26H28N4O5. The molecule has 0 radical (unpaired) electrons. The van der Waals surface area contributed by atoms with Crippen LogP contribution in [0.3, 0.4) is 0 Å². The van der Waals surface area contributed by atoms with Crippen LogP contribution < -0.4 is 10.6 Å². The highest BCUT2D eigenvalue weighted by Crippen LogP contribution is 2.44. The van der Waals surface area contributed by atoms with E-state index in [9.17, 15) is 19.5 Å². The first-order valence-electron chi connectivity index (χ1n) is 11.5. The first kappa shape index (κ1) is 24.0. The maximum absolute atomic E-state index is 12.9. The Bertz CT molecular complexity index is 1160.